The fraction of sp³-hybridized carbons (Fsp3) is 0.154. The van der Waals surface area contributed by atoms with E-state index in [1.807, 2.05) is 6.92 Å². The van der Waals surface area contributed by atoms with Crippen LogP contribution in [0.5, 0.6) is 11.6 Å². The fourth-order valence-corrected chi connectivity index (χ4v) is 1.57. The number of halogens is 1. The van der Waals surface area contributed by atoms with Crippen molar-refractivity contribution < 1.29 is 9.13 Å². The van der Waals surface area contributed by atoms with Crippen molar-refractivity contribution in [2.24, 2.45) is 5.84 Å². The van der Waals surface area contributed by atoms with Crippen molar-refractivity contribution in [2.75, 3.05) is 5.43 Å². The number of nitrogen functional groups attached to an aromatic ring is 1. The van der Waals surface area contributed by atoms with Gasteiger partial charge in [-0.3, -0.25) is 0 Å². The Kier molecular flexibility index (Phi) is 4.08. The molecular formula is C13H12FN5O. The molecule has 1 aromatic carbocycles. The van der Waals surface area contributed by atoms with Crippen LogP contribution in [-0.2, 0) is 6.42 Å². The minimum atomic E-state index is -0.646. The highest BCUT2D eigenvalue weighted by atomic mass is 19.1. The van der Waals surface area contributed by atoms with Crippen molar-refractivity contribution in [3.63, 3.8) is 0 Å². The number of nitrogens with one attached hydrogen (secondary N) is 1. The van der Waals surface area contributed by atoms with E-state index in [4.69, 9.17) is 15.8 Å². The number of hydrogen-bond donors (Lipinski definition) is 2. The molecule has 2 aromatic rings. The van der Waals surface area contributed by atoms with E-state index in [0.717, 1.165) is 0 Å². The first-order chi connectivity index (χ1) is 9.67. The Bertz CT molecular complexity index is 646. The molecule has 0 radical (unpaired) electrons. The summed E-state index contributed by atoms with van der Waals surface area (Å²) in [6.45, 7) is 1.88. The molecule has 0 amide bonds. The molecule has 0 spiro atoms. The molecule has 0 aliphatic rings. The third-order valence-corrected chi connectivity index (χ3v) is 2.51. The average Bonchev–Trinajstić information content (AvgIpc) is 2.47. The van der Waals surface area contributed by atoms with Crippen molar-refractivity contribution in [2.45, 2.75) is 13.3 Å². The molecule has 0 saturated carbocycles. The van der Waals surface area contributed by atoms with Crippen LogP contribution in [0.15, 0.2) is 24.3 Å². The molecule has 7 heteroatoms. The number of aryl methyl sites for hydroxylation is 1. The summed E-state index contributed by atoms with van der Waals surface area (Å²) in [5, 5.41) is 8.94. The molecular weight excluding hydrogens is 261 g/mol. The lowest BCUT2D eigenvalue weighted by atomic mass is 10.2. The summed E-state index contributed by atoms with van der Waals surface area (Å²) >= 11 is 0. The zero-order chi connectivity index (χ0) is 14.5. The van der Waals surface area contributed by atoms with E-state index >= 15 is 0 Å². The van der Waals surface area contributed by atoms with Gasteiger partial charge in [-0.05, 0) is 12.1 Å². The number of hydrazine groups is 1. The largest absolute Gasteiger partial charge is 0.437 e. The van der Waals surface area contributed by atoms with Crippen LogP contribution in [0, 0.1) is 17.1 Å². The molecule has 0 aliphatic heterocycles. The second-order valence-corrected chi connectivity index (χ2v) is 3.83. The summed E-state index contributed by atoms with van der Waals surface area (Å²) in [5.74, 6) is 5.84. The maximum absolute atomic E-state index is 13.5. The van der Waals surface area contributed by atoms with E-state index in [1.165, 1.54) is 24.3 Å². The maximum atomic E-state index is 13.5. The lowest BCUT2D eigenvalue weighted by Gasteiger charge is -2.09. The smallest absolute Gasteiger partial charge is 0.224 e. The summed E-state index contributed by atoms with van der Waals surface area (Å²) < 4.78 is 18.9. The first-order valence-corrected chi connectivity index (χ1v) is 5.89. The third-order valence-electron chi connectivity index (χ3n) is 2.51. The molecule has 20 heavy (non-hydrogen) atoms. The van der Waals surface area contributed by atoms with Gasteiger partial charge in [0.05, 0.1) is 0 Å². The number of aromatic nitrogens is 2. The summed E-state index contributed by atoms with van der Waals surface area (Å²) in [5.41, 5.74) is 2.22. The molecule has 0 bridgehead atoms. The van der Waals surface area contributed by atoms with Crippen LogP contribution in [0.2, 0.25) is 0 Å². The number of nitrogens with two attached hydrogens (primary N) is 1. The topological polar surface area (TPSA) is 96.9 Å². The Labute approximate surface area is 115 Å². The summed E-state index contributed by atoms with van der Waals surface area (Å²) in [7, 11) is 0. The number of nitrogens with zero attached hydrogens (tertiary/aromatic N) is 3. The van der Waals surface area contributed by atoms with Crippen LogP contribution in [0.1, 0.15) is 18.3 Å². The lowest BCUT2D eigenvalue weighted by Crippen LogP contribution is -2.10. The van der Waals surface area contributed by atoms with Gasteiger partial charge in [-0.25, -0.2) is 15.2 Å². The molecule has 2 rings (SSSR count). The number of benzene rings is 1. The van der Waals surface area contributed by atoms with Gasteiger partial charge in [0.15, 0.2) is 0 Å². The minimum absolute atomic E-state index is 0.0937. The average molecular weight is 273 g/mol. The number of nitriles is 1. The minimum Gasteiger partial charge on any atom is -0.437 e. The number of anilines is 1. The van der Waals surface area contributed by atoms with E-state index in [0.29, 0.717) is 18.1 Å². The lowest BCUT2D eigenvalue weighted by molar-refractivity contribution is 0.452. The predicted molar refractivity (Wildman–Crippen MR) is 70.4 cm³/mol. The molecule has 6 nitrogen and oxygen atoms in total. The SMILES string of the molecule is CCc1nc(NN)cc(Oc2cccc(F)c2C#N)n1. The van der Waals surface area contributed by atoms with Gasteiger partial charge in [0.2, 0.25) is 5.88 Å². The molecule has 0 unspecified atom stereocenters. The Morgan fingerprint density at radius 2 is 2.25 bits per heavy atom. The molecule has 0 aliphatic carbocycles. The number of hydrogen-bond acceptors (Lipinski definition) is 6. The molecule has 0 atom stereocenters. The van der Waals surface area contributed by atoms with E-state index in [1.54, 1.807) is 6.07 Å². The van der Waals surface area contributed by atoms with Crippen LogP contribution in [-0.4, -0.2) is 9.97 Å². The quantitative estimate of drug-likeness (QED) is 0.654. The molecule has 1 heterocycles. The standard InChI is InChI=1S/C13H12FN5O/c1-2-11-17-12(19-16)6-13(18-11)20-10-5-3-4-9(14)8(10)7-15/h3-6H,2,16H2,1H3,(H,17,18,19). The summed E-state index contributed by atoms with van der Waals surface area (Å²) in [4.78, 5) is 8.25. The summed E-state index contributed by atoms with van der Waals surface area (Å²) in [6, 6.07) is 7.36. The van der Waals surface area contributed by atoms with Crippen LogP contribution < -0.4 is 16.0 Å². The molecule has 0 saturated heterocycles. The van der Waals surface area contributed by atoms with Gasteiger partial charge in [0.25, 0.3) is 0 Å². The highest BCUT2D eigenvalue weighted by molar-refractivity contribution is 5.46. The molecule has 3 N–H and O–H groups in total. The first kappa shape index (κ1) is 13.7. The van der Waals surface area contributed by atoms with E-state index < -0.39 is 5.82 Å². The Balaban J connectivity index is 2.40. The second kappa shape index (κ2) is 5.95. The van der Waals surface area contributed by atoms with Gasteiger partial charge in [-0.1, -0.05) is 13.0 Å². The van der Waals surface area contributed by atoms with E-state index in [9.17, 15) is 4.39 Å². The van der Waals surface area contributed by atoms with Crippen LogP contribution in [0.25, 0.3) is 0 Å². The van der Waals surface area contributed by atoms with Crippen LogP contribution >= 0.6 is 0 Å². The van der Waals surface area contributed by atoms with Gasteiger partial charge in [0.1, 0.15) is 34.8 Å². The zero-order valence-electron chi connectivity index (χ0n) is 10.7. The molecule has 1 aromatic heterocycles. The van der Waals surface area contributed by atoms with Crippen LogP contribution in [0.4, 0.5) is 10.2 Å². The van der Waals surface area contributed by atoms with Gasteiger partial charge in [-0.2, -0.15) is 10.2 Å². The second-order valence-electron chi connectivity index (χ2n) is 3.83. The highest BCUT2D eigenvalue weighted by Crippen LogP contribution is 2.26. The molecule has 102 valence electrons. The predicted octanol–water partition coefficient (Wildman–Crippen LogP) is 2.13. The van der Waals surface area contributed by atoms with Crippen molar-refractivity contribution >= 4 is 5.82 Å². The maximum Gasteiger partial charge on any atom is 0.224 e. The number of rotatable bonds is 4. The Morgan fingerprint density at radius 1 is 1.45 bits per heavy atom. The van der Waals surface area contributed by atoms with Crippen molar-refractivity contribution in [3.8, 4) is 17.7 Å². The van der Waals surface area contributed by atoms with Crippen molar-refractivity contribution in [3.05, 3.63) is 41.5 Å². The van der Waals surface area contributed by atoms with Crippen molar-refractivity contribution in [1.29, 1.82) is 5.26 Å². The van der Waals surface area contributed by atoms with Gasteiger partial charge < -0.3 is 10.2 Å². The molecule has 0 fully saturated rings. The summed E-state index contributed by atoms with van der Waals surface area (Å²) in [6.07, 6.45) is 0.583. The fourth-order valence-electron chi connectivity index (χ4n) is 1.57. The van der Waals surface area contributed by atoms with Gasteiger partial charge in [-0.15, -0.1) is 0 Å². The van der Waals surface area contributed by atoms with Gasteiger partial charge >= 0.3 is 0 Å². The van der Waals surface area contributed by atoms with E-state index in [2.05, 4.69) is 15.4 Å². The Morgan fingerprint density at radius 3 is 2.90 bits per heavy atom. The number of ether oxygens (including phenoxy) is 1. The first-order valence-electron chi connectivity index (χ1n) is 5.89. The van der Waals surface area contributed by atoms with E-state index in [-0.39, 0.29) is 17.2 Å². The third kappa shape index (κ3) is 2.81. The highest BCUT2D eigenvalue weighted by Gasteiger charge is 2.11. The zero-order valence-corrected chi connectivity index (χ0v) is 10.7. The van der Waals surface area contributed by atoms with Gasteiger partial charge in [0, 0.05) is 12.5 Å². The monoisotopic (exact) mass is 273 g/mol. The van der Waals surface area contributed by atoms with Crippen molar-refractivity contribution in [1.82, 2.24) is 9.97 Å². The Hall–Kier alpha value is -2.72. The normalized spacial score (nSPS) is 9.90. The van der Waals surface area contributed by atoms with Crippen LogP contribution in [0.3, 0.4) is 0 Å².